The topological polar surface area (TPSA) is 38.3 Å². The van der Waals surface area contributed by atoms with Crippen LogP contribution in [-0.4, -0.2) is 18.6 Å². The number of rotatable bonds is 2. The summed E-state index contributed by atoms with van der Waals surface area (Å²) in [5, 5.41) is 3.27. The van der Waals surface area contributed by atoms with Crippen molar-refractivity contribution in [1.82, 2.24) is 5.32 Å². The van der Waals surface area contributed by atoms with Gasteiger partial charge in [-0.3, -0.25) is 4.79 Å². The Morgan fingerprint density at radius 1 is 1.38 bits per heavy atom. The van der Waals surface area contributed by atoms with Crippen LogP contribution in [0.3, 0.4) is 0 Å². The molecule has 1 spiro atoms. The Hall–Kier alpha value is -1.42. The van der Waals surface area contributed by atoms with E-state index in [2.05, 4.69) is 19.2 Å². The Kier molecular flexibility index (Phi) is 3.54. The van der Waals surface area contributed by atoms with Crippen molar-refractivity contribution in [2.24, 2.45) is 22.7 Å². The number of benzene rings is 1. The Balaban J connectivity index is 1.72. The van der Waals surface area contributed by atoms with E-state index in [1.54, 1.807) is 19.1 Å². The minimum Gasteiger partial charge on any atom is -0.373 e. The van der Waals surface area contributed by atoms with E-state index >= 15 is 0 Å². The molecule has 1 unspecified atom stereocenters. The van der Waals surface area contributed by atoms with E-state index in [-0.39, 0.29) is 34.7 Å². The largest absolute Gasteiger partial charge is 0.373 e. The molecule has 1 aromatic rings. The highest BCUT2D eigenvalue weighted by Crippen LogP contribution is 2.70. The van der Waals surface area contributed by atoms with Crippen LogP contribution in [-0.2, 0) is 9.53 Å². The molecule has 24 heavy (non-hydrogen) atoms. The van der Waals surface area contributed by atoms with E-state index in [0.717, 1.165) is 24.8 Å². The highest BCUT2D eigenvalue weighted by molar-refractivity contribution is 5.73. The molecule has 3 nitrogen and oxygen atoms in total. The molecule has 0 radical (unpaired) electrons. The Morgan fingerprint density at radius 2 is 2.17 bits per heavy atom. The molecule has 3 fully saturated rings. The summed E-state index contributed by atoms with van der Waals surface area (Å²) < 4.78 is 19.8. The molecule has 130 valence electrons. The van der Waals surface area contributed by atoms with Crippen molar-refractivity contribution in [3.8, 4) is 0 Å². The summed E-state index contributed by atoms with van der Waals surface area (Å²) in [6.07, 6.45) is 3.16. The number of hydrogen-bond donors (Lipinski definition) is 1. The van der Waals surface area contributed by atoms with Crippen molar-refractivity contribution in [2.45, 2.75) is 52.2 Å². The van der Waals surface area contributed by atoms with E-state index in [0.29, 0.717) is 18.4 Å². The second-order valence-electron chi connectivity index (χ2n) is 8.53. The lowest BCUT2D eigenvalue weighted by Crippen LogP contribution is -2.58. The van der Waals surface area contributed by atoms with Gasteiger partial charge in [-0.15, -0.1) is 0 Å². The van der Waals surface area contributed by atoms with Crippen LogP contribution in [0.2, 0.25) is 0 Å². The van der Waals surface area contributed by atoms with Crippen LogP contribution in [0, 0.1) is 28.5 Å². The lowest BCUT2D eigenvalue weighted by Gasteiger charge is -2.53. The van der Waals surface area contributed by atoms with Crippen LogP contribution in [0.15, 0.2) is 24.3 Å². The van der Waals surface area contributed by atoms with Crippen LogP contribution in [0.5, 0.6) is 0 Å². The van der Waals surface area contributed by atoms with Crippen molar-refractivity contribution in [2.75, 3.05) is 6.61 Å². The number of fused-ring (bicyclic) bond motifs is 1. The van der Waals surface area contributed by atoms with Crippen LogP contribution in [0.4, 0.5) is 4.39 Å². The molecule has 1 heterocycles. The maximum absolute atomic E-state index is 13.7. The predicted molar refractivity (Wildman–Crippen MR) is 89.7 cm³/mol. The summed E-state index contributed by atoms with van der Waals surface area (Å²) in [6.45, 7) is 6.86. The standard InChI is InChI=1S/C20H26FNO2/c1-12(23)22-18-19(2,3)14-10-16-17(13-5-4-6-15(21)9-13)24-8-7-20(16,18)11-14/h4-6,9,14,16-18H,7-8,10-11H2,1-3H3,(H,22,23)/t14-,16-,17-,18+,20?/m1/s1. The second kappa shape index (κ2) is 5.29. The average Bonchev–Trinajstić information content (AvgIpc) is 3.00. The smallest absolute Gasteiger partial charge is 0.217 e. The normalized spacial score (nSPS) is 39.5. The molecular formula is C20H26FNO2. The van der Waals surface area contributed by atoms with Gasteiger partial charge in [-0.25, -0.2) is 4.39 Å². The molecule has 1 aliphatic heterocycles. The van der Waals surface area contributed by atoms with Gasteiger partial charge in [0.15, 0.2) is 0 Å². The third-order valence-corrected chi connectivity index (χ3v) is 7.03. The first-order valence-electron chi connectivity index (χ1n) is 8.99. The first-order chi connectivity index (χ1) is 11.3. The molecule has 1 N–H and O–H groups in total. The minimum atomic E-state index is -0.211. The van der Waals surface area contributed by atoms with Crippen molar-refractivity contribution < 1.29 is 13.9 Å². The lowest BCUT2D eigenvalue weighted by atomic mass is 9.59. The average molecular weight is 331 g/mol. The van der Waals surface area contributed by atoms with Crippen molar-refractivity contribution >= 4 is 5.91 Å². The molecule has 1 saturated heterocycles. The van der Waals surface area contributed by atoms with E-state index in [1.807, 2.05) is 6.07 Å². The van der Waals surface area contributed by atoms with Crippen LogP contribution in [0.1, 0.15) is 51.7 Å². The van der Waals surface area contributed by atoms with Crippen LogP contribution in [0.25, 0.3) is 0 Å². The fourth-order valence-corrected chi connectivity index (χ4v) is 6.00. The molecular weight excluding hydrogens is 305 g/mol. The molecule has 1 aromatic carbocycles. The van der Waals surface area contributed by atoms with Crippen molar-refractivity contribution in [1.29, 1.82) is 0 Å². The summed E-state index contributed by atoms with van der Waals surface area (Å²) in [4.78, 5) is 11.8. The van der Waals surface area contributed by atoms with Crippen LogP contribution >= 0.6 is 0 Å². The first kappa shape index (κ1) is 16.1. The van der Waals surface area contributed by atoms with E-state index in [1.165, 1.54) is 6.07 Å². The summed E-state index contributed by atoms with van der Waals surface area (Å²) >= 11 is 0. The molecule has 1 amide bonds. The molecule has 4 heteroatoms. The Bertz CT molecular complexity index is 673. The second-order valence-corrected chi connectivity index (χ2v) is 8.53. The molecule has 2 saturated carbocycles. The molecule has 2 aliphatic carbocycles. The van der Waals surface area contributed by atoms with Crippen molar-refractivity contribution in [3.05, 3.63) is 35.6 Å². The maximum atomic E-state index is 13.7. The third-order valence-electron chi connectivity index (χ3n) is 7.03. The quantitative estimate of drug-likeness (QED) is 0.894. The summed E-state index contributed by atoms with van der Waals surface area (Å²) in [5.74, 6) is 0.764. The minimum absolute atomic E-state index is 0.0440. The molecule has 2 bridgehead atoms. The Morgan fingerprint density at radius 3 is 2.88 bits per heavy atom. The number of amides is 1. The lowest BCUT2D eigenvalue weighted by molar-refractivity contribution is -0.136. The fraction of sp³-hybridized carbons (Fsp3) is 0.650. The SMILES string of the molecule is CC(=O)N[C@H]1C(C)(C)[C@@H]2C[C@@H]3[C@@H](c4cccc(F)c4)OCCC31C2. The predicted octanol–water partition coefficient (Wildman–Crippen LogP) is 3.84. The number of halogens is 1. The number of ether oxygens (including phenoxy) is 1. The number of carbonyl (C=O) groups is 1. The summed E-state index contributed by atoms with van der Waals surface area (Å²) in [6, 6.07) is 6.99. The highest BCUT2D eigenvalue weighted by atomic mass is 19.1. The van der Waals surface area contributed by atoms with E-state index in [4.69, 9.17) is 4.74 Å². The van der Waals surface area contributed by atoms with Gasteiger partial charge in [0.1, 0.15) is 5.82 Å². The van der Waals surface area contributed by atoms with Gasteiger partial charge in [-0.2, -0.15) is 0 Å². The van der Waals surface area contributed by atoms with Gasteiger partial charge in [-0.05, 0) is 59.6 Å². The van der Waals surface area contributed by atoms with Gasteiger partial charge in [0.05, 0.1) is 6.10 Å². The zero-order valence-corrected chi connectivity index (χ0v) is 14.6. The molecule has 3 aliphatic rings. The zero-order valence-electron chi connectivity index (χ0n) is 14.6. The van der Waals surface area contributed by atoms with Gasteiger partial charge in [-0.1, -0.05) is 26.0 Å². The van der Waals surface area contributed by atoms with Gasteiger partial charge < -0.3 is 10.1 Å². The summed E-state index contributed by atoms with van der Waals surface area (Å²) in [5.41, 5.74) is 1.12. The molecule has 4 rings (SSSR count). The van der Waals surface area contributed by atoms with Gasteiger partial charge >= 0.3 is 0 Å². The van der Waals surface area contributed by atoms with Gasteiger partial charge in [0.25, 0.3) is 0 Å². The van der Waals surface area contributed by atoms with E-state index in [9.17, 15) is 9.18 Å². The van der Waals surface area contributed by atoms with Crippen molar-refractivity contribution in [3.63, 3.8) is 0 Å². The number of carbonyl (C=O) groups excluding carboxylic acids is 1. The number of hydrogen-bond acceptors (Lipinski definition) is 2. The van der Waals surface area contributed by atoms with E-state index < -0.39 is 0 Å². The monoisotopic (exact) mass is 331 g/mol. The first-order valence-corrected chi connectivity index (χ1v) is 8.99. The Labute approximate surface area is 143 Å². The zero-order chi connectivity index (χ0) is 17.1. The highest BCUT2D eigenvalue weighted by Gasteiger charge is 2.68. The number of nitrogens with one attached hydrogen (secondary N) is 1. The van der Waals surface area contributed by atoms with Crippen LogP contribution < -0.4 is 5.32 Å². The van der Waals surface area contributed by atoms with Gasteiger partial charge in [0, 0.05) is 19.6 Å². The maximum Gasteiger partial charge on any atom is 0.217 e. The molecule has 0 aromatic heterocycles. The third kappa shape index (κ3) is 2.15. The van der Waals surface area contributed by atoms with Gasteiger partial charge in [0.2, 0.25) is 5.91 Å². The molecule has 5 atom stereocenters. The fourth-order valence-electron chi connectivity index (χ4n) is 6.00. The summed E-state index contributed by atoms with van der Waals surface area (Å²) in [7, 11) is 0.